The summed E-state index contributed by atoms with van der Waals surface area (Å²) in [5.74, 6) is -0.816. The number of fused-ring (bicyclic) bond motifs is 1. The SMILES string of the molecule is CCn1c(SCC(=O)Nc2ccccc2C(=O)OC)nc2cc(-c3ccccc3)sc2c1=O. The number of anilines is 1. The van der Waals surface area contributed by atoms with Crippen LogP contribution in [0.3, 0.4) is 0 Å². The van der Waals surface area contributed by atoms with E-state index in [-0.39, 0.29) is 22.8 Å². The molecule has 4 aromatic rings. The highest BCUT2D eigenvalue weighted by Crippen LogP contribution is 2.32. The summed E-state index contributed by atoms with van der Waals surface area (Å²) in [6.45, 7) is 2.31. The predicted octanol–water partition coefficient (Wildman–Crippen LogP) is 4.66. The van der Waals surface area contributed by atoms with Crippen LogP contribution in [0.25, 0.3) is 20.7 Å². The minimum atomic E-state index is -0.530. The molecule has 0 aliphatic carbocycles. The van der Waals surface area contributed by atoms with Crippen LogP contribution < -0.4 is 10.9 Å². The van der Waals surface area contributed by atoms with Crippen molar-refractivity contribution in [1.82, 2.24) is 9.55 Å². The number of carbonyl (C=O) groups excluding carboxylic acids is 2. The number of methoxy groups -OCH3 is 1. The van der Waals surface area contributed by atoms with Gasteiger partial charge in [0.05, 0.1) is 29.6 Å². The molecule has 1 N–H and O–H groups in total. The van der Waals surface area contributed by atoms with Gasteiger partial charge < -0.3 is 10.1 Å². The van der Waals surface area contributed by atoms with Crippen LogP contribution in [-0.2, 0) is 16.1 Å². The maximum atomic E-state index is 13.1. The summed E-state index contributed by atoms with van der Waals surface area (Å²) in [4.78, 5) is 43.2. The van der Waals surface area contributed by atoms with E-state index in [9.17, 15) is 14.4 Å². The summed E-state index contributed by atoms with van der Waals surface area (Å²) in [6, 6.07) is 18.4. The summed E-state index contributed by atoms with van der Waals surface area (Å²) >= 11 is 2.60. The van der Waals surface area contributed by atoms with Crippen LogP contribution in [0.2, 0.25) is 0 Å². The van der Waals surface area contributed by atoms with Gasteiger partial charge in [-0.25, -0.2) is 9.78 Å². The fraction of sp³-hybridized carbons (Fsp3) is 0.167. The molecule has 4 rings (SSSR count). The van der Waals surface area contributed by atoms with Crippen molar-refractivity contribution in [3.05, 3.63) is 76.6 Å². The summed E-state index contributed by atoms with van der Waals surface area (Å²) in [5.41, 5.74) is 2.17. The van der Waals surface area contributed by atoms with Crippen LogP contribution >= 0.6 is 23.1 Å². The number of rotatable bonds is 7. The number of benzene rings is 2. The lowest BCUT2D eigenvalue weighted by Crippen LogP contribution is -2.23. The molecule has 0 aliphatic rings. The van der Waals surface area contributed by atoms with Gasteiger partial charge in [-0.3, -0.25) is 14.2 Å². The monoisotopic (exact) mass is 479 g/mol. The molecule has 0 atom stereocenters. The van der Waals surface area contributed by atoms with Crippen LogP contribution in [0.1, 0.15) is 17.3 Å². The summed E-state index contributed by atoms with van der Waals surface area (Å²) in [6.07, 6.45) is 0. The lowest BCUT2D eigenvalue weighted by molar-refractivity contribution is -0.113. The molecule has 33 heavy (non-hydrogen) atoms. The number of carbonyl (C=O) groups is 2. The Hall–Kier alpha value is -3.43. The van der Waals surface area contributed by atoms with Crippen LogP contribution in [0, 0.1) is 0 Å². The molecule has 1 amide bonds. The standard InChI is InChI=1S/C24H21N3O4S2/c1-3-27-22(29)21-18(13-19(33-21)15-9-5-4-6-10-15)26-24(27)32-14-20(28)25-17-12-8-7-11-16(17)23(30)31-2/h4-13H,3,14H2,1-2H3,(H,25,28). The fourth-order valence-electron chi connectivity index (χ4n) is 3.32. The molecule has 0 fully saturated rings. The number of amides is 1. The van der Waals surface area contributed by atoms with E-state index in [4.69, 9.17) is 4.74 Å². The van der Waals surface area contributed by atoms with Crippen LogP contribution in [0.4, 0.5) is 5.69 Å². The van der Waals surface area contributed by atoms with Crippen molar-refractivity contribution in [2.45, 2.75) is 18.6 Å². The van der Waals surface area contributed by atoms with E-state index in [1.54, 1.807) is 28.8 Å². The van der Waals surface area contributed by atoms with Crippen molar-refractivity contribution in [2.24, 2.45) is 0 Å². The Labute approximate surface area is 198 Å². The average Bonchev–Trinajstić information content (AvgIpc) is 3.28. The van der Waals surface area contributed by atoms with Crippen molar-refractivity contribution < 1.29 is 14.3 Å². The van der Waals surface area contributed by atoms with E-state index in [2.05, 4.69) is 10.3 Å². The molecule has 0 aliphatic heterocycles. The van der Waals surface area contributed by atoms with Crippen molar-refractivity contribution in [3.63, 3.8) is 0 Å². The molecule has 168 valence electrons. The van der Waals surface area contributed by atoms with Gasteiger partial charge in [-0.15, -0.1) is 11.3 Å². The van der Waals surface area contributed by atoms with Gasteiger partial charge in [0.2, 0.25) is 5.91 Å². The van der Waals surface area contributed by atoms with Crippen LogP contribution in [0.5, 0.6) is 0 Å². The highest BCUT2D eigenvalue weighted by Gasteiger charge is 2.17. The van der Waals surface area contributed by atoms with E-state index in [1.807, 2.05) is 43.3 Å². The maximum absolute atomic E-state index is 13.1. The normalized spacial score (nSPS) is 10.8. The number of nitrogens with one attached hydrogen (secondary N) is 1. The molecule has 7 nitrogen and oxygen atoms in total. The highest BCUT2D eigenvalue weighted by molar-refractivity contribution is 7.99. The molecule has 2 aromatic heterocycles. The van der Waals surface area contributed by atoms with Crippen molar-refractivity contribution >= 4 is 50.9 Å². The van der Waals surface area contributed by atoms with Gasteiger partial charge in [0.15, 0.2) is 5.16 Å². The number of hydrogen-bond acceptors (Lipinski definition) is 7. The average molecular weight is 480 g/mol. The summed E-state index contributed by atoms with van der Waals surface area (Å²) < 4.78 is 6.93. The van der Waals surface area contributed by atoms with Crippen LogP contribution in [0.15, 0.2) is 70.6 Å². The number of aromatic nitrogens is 2. The highest BCUT2D eigenvalue weighted by atomic mass is 32.2. The van der Waals surface area contributed by atoms with Gasteiger partial charge in [-0.2, -0.15) is 0 Å². The van der Waals surface area contributed by atoms with E-state index in [1.165, 1.54) is 30.2 Å². The molecular weight excluding hydrogens is 458 g/mol. The Morgan fingerprint density at radius 2 is 1.85 bits per heavy atom. The maximum Gasteiger partial charge on any atom is 0.339 e. The predicted molar refractivity (Wildman–Crippen MR) is 132 cm³/mol. The topological polar surface area (TPSA) is 90.3 Å². The van der Waals surface area contributed by atoms with Gasteiger partial charge in [-0.1, -0.05) is 54.2 Å². The molecule has 0 saturated carbocycles. The molecule has 0 radical (unpaired) electrons. The lowest BCUT2D eigenvalue weighted by atomic mass is 10.2. The first kappa shape index (κ1) is 22.8. The largest absolute Gasteiger partial charge is 0.465 e. The Kier molecular flexibility index (Phi) is 6.90. The number of hydrogen-bond donors (Lipinski definition) is 1. The zero-order valence-electron chi connectivity index (χ0n) is 18.0. The molecule has 9 heteroatoms. The third-order valence-electron chi connectivity index (χ3n) is 4.91. The van der Waals surface area contributed by atoms with E-state index < -0.39 is 5.97 Å². The third-order valence-corrected chi connectivity index (χ3v) is 7.05. The number of esters is 1. The smallest absolute Gasteiger partial charge is 0.339 e. The van der Waals surface area contributed by atoms with Crippen molar-refractivity contribution in [2.75, 3.05) is 18.2 Å². The first-order valence-electron chi connectivity index (χ1n) is 10.2. The molecular formula is C24H21N3O4S2. The summed E-state index contributed by atoms with van der Waals surface area (Å²) in [5, 5.41) is 3.21. The zero-order chi connectivity index (χ0) is 23.4. The molecule has 0 bridgehead atoms. The zero-order valence-corrected chi connectivity index (χ0v) is 19.7. The number of thiophene rings is 1. The molecule has 2 heterocycles. The van der Waals surface area contributed by atoms with Gasteiger partial charge in [0.25, 0.3) is 5.56 Å². The van der Waals surface area contributed by atoms with E-state index in [0.29, 0.717) is 27.6 Å². The van der Waals surface area contributed by atoms with Crippen molar-refractivity contribution in [3.8, 4) is 10.4 Å². The van der Waals surface area contributed by atoms with Gasteiger partial charge in [0, 0.05) is 11.4 Å². The summed E-state index contributed by atoms with van der Waals surface area (Å²) in [7, 11) is 1.29. The van der Waals surface area contributed by atoms with Gasteiger partial charge >= 0.3 is 5.97 Å². The Bertz CT molecular complexity index is 1380. The first-order chi connectivity index (χ1) is 16.0. The minimum absolute atomic E-state index is 0.0309. The number of thioether (sulfide) groups is 1. The van der Waals surface area contributed by atoms with E-state index in [0.717, 1.165) is 10.4 Å². The molecule has 0 saturated heterocycles. The number of para-hydroxylation sites is 1. The van der Waals surface area contributed by atoms with Crippen molar-refractivity contribution in [1.29, 1.82) is 0 Å². The molecule has 0 unspecified atom stereocenters. The molecule has 2 aromatic carbocycles. The fourth-order valence-corrected chi connectivity index (χ4v) is 5.23. The second-order valence-electron chi connectivity index (χ2n) is 7.01. The quantitative estimate of drug-likeness (QED) is 0.236. The lowest BCUT2D eigenvalue weighted by Gasteiger charge is -2.11. The third kappa shape index (κ3) is 4.84. The number of nitrogens with zero attached hydrogens (tertiary/aromatic N) is 2. The number of ether oxygens (including phenoxy) is 1. The Morgan fingerprint density at radius 3 is 2.58 bits per heavy atom. The Morgan fingerprint density at radius 1 is 1.12 bits per heavy atom. The minimum Gasteiger partial charge on any atom is -0.465 e. The van der Waals surface area contributed by atoms with Gasteiger partial charge in [0.1, 0.15) is 4.70 Å². The van der Waals surface area contributed by atoms with Crippen LogP contribution in [-0.4, -0.2) is 34.3 Å². The van der Waals surface area contributed by atoms with Gasteiger partial charge in [-0.05, 0) is 30.7 Å². The second kappa shape index (κ2) is 10.0. The first-order valence-corrected chi connectivity index (χ1v) is 12.0. The van der Waals surface area contributed by atoms with E-state index >= 15 is 0 Å². The Balaban J connectivity index is 1.57. The second-order valence-corrected chi connectivity index (χ2v) is 9.00. The molecule has 0 spiro atoms.